The lowest BCUT2D eigenvalue weighted by molar-refractivity contribution is 0.0853. The van der Waals surface area contributed by atoms with Crippen molar-refractivity contribution in [2.75, 3.05) is 33.2 Å². The molecule has 108 valence electrons. The Morgan fingerprint density at radius 2 is 2.32 bits per heavy atom. The van der Waals surface area contributed by atoms with E-state index in [1.807, 2.05) is 0 Å². The number of nitrogens with one attached hydrogen (secondary N) is 1. The summed E-state index contributed by atoms with van der Waals surface area (Å²) in [7, 11) is 2.18. The van der Waals surface area contributed by atoms with Crippen LogP contribution in [-0.2, 0) is 13.1 Å². The van der Waals surface area contributed by atoms with Crippen LogP contribution in [0.2, 0.25) is 0 Å². The van der Waals surface area contributed by atoms with Crippen LogP contribution in [0.4, 0.5) is 0 Å². The van der Waals surface area contributed by atoms with Crippen molar-refractivity contribution in [3.63, 3.8) is 0 Å². The highest BCUT2D eigenvalue weighted by atomic mass is 16.5. The van der Waals surface area contributed by atoms with Crippen molar-refractivity contribution in [3.05, 3.63) is 17.5 Å². The fourth-order valence-electron chi connectivity index (χ4n) is 2.52. The maximum Gasteiger partial charge on any atom is 0.151 e. The number of piperazine rings is 1. The molecular weight excluding hydrogens is 240 g/mol. The third kappa shape index (κ3) is 4.30. The Hall–Kier alpha value is -0.910. The molecule has 19 heavy (non-hydrogen) atoms. The van der Waals surface area contributed by atoms with Crippen LogP contribution in [0, 0.1) is 0 Å². The Bertz CT molecular complexity index is 379. The number of rotatable bonds is 6. The predicted molar refractivity (Wildman–Crippen MR) is 75.9 cm³/mol. The first-order chi connectivity index (χ1) is 9.19. The molecule has 1 N–H and O–H groups in total. The molecule has 1 aliphatic heterocycles. The predicted octanol–water partition coefficient (Wildman–Crippen LogP) is 1.31. The minimum Gasteiger partial charge on any atom is -0.360 e. The summed E-state index contributed by atoms with van der Waals surface area (Å²) in [6.07, 6.45) is 1.14. The average molecular weight is 266 g/mol. The van der Waals surface area contributed by atoms with Crippen molar-refractivity contribution < 1.29 is 4.52 Å². The van der Waals surface area contributed by atoms with Gasteiger partial charge in [-0.1, -0.05) is 12.1 Å². The van der Waals surface area contributed by atoms with Crippen LogP contribution in [0.3, 0.4) is 0 Å². The number of hydrogen-bond acceptors (Lipinski definition) is 5. The highest BCUT2D eigenvalue weighted by Gasteiger charge is 2.22. The van der Waals surface area contributed by atoms with E-state index in [1.54, 1.807) is 0 Å². The van der Waals surface area contributed by atoms with Gasteiger partial charge in [0.25, 0.3) is 0 Å². The van der Waals surface area contributed by atoms with Crippen molar-refractivity contribution in [2.45, 2.75) is 39.4 Å². The summed E-state index contributed by atoms with van der Waals surface area (Å²) >= 11 is 0. The molecule has 1 aromatic heterocycles. The molecule has 0 bridgehead atoms. The summed E-state index contributed by atoms with van der Waals surface area (Å²) in [5, 5.41) is 7.46. The van der Waals surface area contributed by atoms with E-state index in [0.29, 0.717) is 6.04 Å². The Labute approximate surface area is 115 Å². The maximum absolute atomic E-state index is 5.43. The molecule has 1 aromatic rings. The maximum atomic E-state index is 5.43. The topological polar surface area (TPSA) is 44.5 Å². The van der Waals surface area contributed by atoms with Crippen LogP contribution in [0.1, 0.15) is 31.7 Å². The zero-order valence-corrected chi connectivity index (χ0v) is 12.4. The minimum atomic E-state index is 0.575. The molecular formula is C14H26N4O. The lowest BCUT2D eigenvalue weighted by Gasteiger charge is -2.37. The second-order valence-corrected chi connectivity index (χ2v) is 5.54. The highest BCUT2D eigenvalue weighted by molar-refractivity contribution is 5.05. The smallest absolute Gasteiger partial charge is 0.151 e. The van der Waals surface area contributed by atoms with E-state index in [9.17, 15) is 0 Å². The first-order valence-electron chi connectivity index (χ1n) is 7.26. The van der Waals surface area contributed by atoms with Crippen LogP contribution < -0.4 is 5.32 Å². The van der Waals surface area contributed by atoms with Crippen molar-refractivity contribution in [1.82, 2.24) is 20.3 Å². The zero-order chi connectivity index (χ0) is 13.7. The first kappa shape index (κ1) is 14.5. The first-order valence-corrected chi connectivity index (χ1v) is 7.26. The Morgan fingerprint density at radius 3 is 3.05 bits per heavy atom. The van der Waals surface area contributed by atoms with Gasteiger partial charge in [-0.15, -0.1) is 0 Å². The van der Waals surface area contributed by atoms with E-state index in [-0.39, 0.29) is 0 Å². The quantitative estimate of drug-likeness (QED) is 0.787. The van der Waals surface area contributed by atoms with Gasteiger partial charge in [0.15, 0.2) is 5.76 Å². The van der Waals surface area contributed by atoms with E-state index >= 15 is 0 Å². The number of likely N-dealkylation sites (N-methyl/N-ethyl adjacent to an activating group) is 1. The number of aromatic nitrogens is 1. The fraction of sp³-hybridized carbons (Fsp3) is 0.786. The van der Waals surface area contributed by atoms with Crippen LogP contribution in [0.25, 0.3) is 0 Å². The molecule has 0 amide bonds. The molecule has 1 fully saturated rings. The lowest BCUT2D eigenvalue weighted by Crippen LogP contribution is -2.49. The second-order valence-electron chi connectivity index (χ2n) is 5.54. The lowest BCUT2D eigenvalue weighted by atomic mass is 10.2. The van der Waals surface area contributed by atoms with Gasteiger partial charge in [-0.3, -0.25) is 4.90 Å². The molecule has 1 aliphatic rings. The molecule has 0 aromatic carbocycles. The van der Waals surface area contributed by atoms with E-state index in [0.717, 1.165) is 57.1 Å². The SMILES string of the molecule is CCCNCc1cc(CN2CCN(C)CC2C)on1. The summed E-state index contributed by atoms with van der Waals surface area (Å²) in [5.41, 5.74) is 1.00. The van der Waals surface area contributed by atoms with Gasteiger partial charge >= 0.3 is 0 Å². The van der Waals surface area contributed by atoms with Crippen LogP contribution in [-0.4, -0.2) is 54.2 Å². The number of hydrogen-bond donors (Lipinski definition) is 1. The summed E-state index contributed by atoms with van der Waals surface area (Å²) in [6.45, 7) is 10.5. The molecule has 2 heterocycles. The average Bonchev–Trinajstić information content (AvgIpc) is 2.81. The summed E-state index contributed by atoms with van der Waals surface area (Å²) < 4.78 is 5.43. The molecule has 5 heteroatoms. The standard InChI is InChI=1S/C14H26N4O/c1-4-5-15-9-13-8-14(19-16-13)11-18-7-6-17(3)10-12(18)2/h8,12,15H,4-7,9-11H2,1-3H3. The van der Waals surface area contributed by atoms with Gasteiger partial charge in [0.05, 0.1) is 12.2 Å². The molecule has 0 aliphatic carbocycles. The van der Waals surface area contributed by atoms with Gasteiger partial charge in [0.2, 0.25) is 0 Å². The van der Waals surface area contributed by atoms with Crippen LogP contribution >= 0.6 is 0 Å². The molecule has 1 atom stereocenters. The van der Waals surface area contributed by atoms with Crippen molar-refractivity contribution in [1.29, 1.82) is 0 Å². The second kappa shape index (κ2) is 7.03. The van der Waals surface area contributed by atoms with Gasteiger partial charge in [0, 0.05) is 38.3 Å². The normalized spacial score (nSPS) is 21.9. The molecule has 2 rings (SSSR count). The van der Waals surface area contributed by atoms with Crippen LogP contribution in [0.15, 0.2) is 10.6 Å². The molecule has 1 saturated heterocycles. The molecule has 0 spiro atoms. The van der Waals surface area contributed by atoms with Gasteiger partial charge < -0.3 is 14.7 Å². The van der Waals surface area contributed by atoms with Gasteiger partial charge in [-0.2, -0.15) is 0 Å². The Balaban J connectivity index is 1.82. The third-order valence-corrected chi connectivity index (χ3v) is 3.67. The summed E-state index contributed by atoms with van der Waals surface area (Å²) in [5.74, 6) is 0.977. The van der Waals surface area contributed by atoms with E-state index < -0.39 is 0 Å². The monoisotopic (exact) mass is 266 g/mol. The minimum absolute atomic E-state index is 0.575. The molecule has 0 radical (unpaired) electrons. The van der Waals surface area contributed by atoms with E-state index in [2.05, 4.69) is 47.2 Å². The third-order valence-electron chi connectivity index (χ3n) is 3.67. The van der Waals surface area contributed by atoms with Crippen molar-refractivity contribution in [2.24, 2.45) is 0 Å². The Morgan fingerprint density at radius 1 is 1.47 bits per heavy atom. The molecule has 0 saturated carbocycles. The summed E-state index contributed by atoms with van der Waals surface area (Å²) in [4.78, 5) is 4.84. The summed E-state index contributed by atoms with van der Waals surface area (Å²) in [6, 6.07) is 2.65. The largest absolute Gasteiger partial charge is 0.360 e. The van der Waals surface area contributed by atoms with E-state index in [4.69, 9.17) is 4.52 Å². The number of nitrogens with zero attached hydrogens (tertiary/aromatic N) is 3. The van der Waals surface area contributed by atoms with Gasteiger partial charge in [-0.25, -0.2) is 0 Å². The van der Waals surface area contributed by atoms with Crippen molar-refractivity contribution >= 4 is 0 Å². The van der Waals surface area contributed by atoms with Gasteiger partial charge in [0.1, 0.15) is 0 Å². The molecule has 1 unspecified atom stereocenters. The highest BCUT2D eigenvalue weighted by Crippen LogP contribution is 2.13. The van der Waals surface area contributed by atoms with Crippen LogP contribution in [0.5, 0.6) is 0 Å². The van der Waals surface area contributed by atoms with Gasteiger partial charge in [-0.05, 0) is 26.9 Å². The van der Waals surface area contributed by atoms with E-state index in [1.165, 1.54) is 0 Å². The van der Waals surface area contributed by atoms with Crippen molar-refractivity contribution in [3.8, 4) is 0 Å². The zero-order valence-electron chi connectivity index (χ0n) is 12.4. The fourth-order valence-corrected chi connectivity index (χ4v) is 2.52. The molecule has 5 nitrogen and oxygen atoms in total. The Kier molecular flexibility index (Phi) is 5.36.